The lowest BCUT2D eigenvalue weighted by molar-refractivity contribution is -0.144. The predicted octanol–water partition coefficient (Wildman–Crippen LogP) is 3.46. The minimum absolute atomic E-state index is 0.0748. The number of ether oxygens (including phenoxy) is 1. The third-order valence-corrected chi connectivity index (χ3v) is 2.32. The largest absolute Gasteiger partial charge is 0.459 e. The van der Waals surface area contributed by atoms with Crippen molar-refractivity contribution in [3.8, 4) is 0 Å². The molecule has 0 radical (unpaired) electrons. The first-order chi connectivity index (χ1) is 6.65. The Hall–Kier alpha value is -0.790. The summed E-state index contributed by atoms with van der Waals surface area (Å²) in [5.74, 6) is -0.226. The van der Waals surface area contributed by atoms with Crippen molar-refractivity contribution < 1.29 is 9.53 Å². The zero-order valence-electron chi connectivity index (χ0n) is 9.64. The second kappa shape index (κ2) is 7.60. The maximum Gasteiger partial charge on any atom is 0.333 e. The minimum atomic E-state index is -0.226. The molecule has 0 aliphatic rings. The van der Waals surface area contributed by atoms with Crippen molar-refractivity contribution in [2.75, 3.05) is 0 Å². The normalized spacial score (nSPS) is 12.2. The molecule has 0 saturated heterocycles. The van der Waals surface area contributed by atoms with E-state index in [2.05, 4.69) is 13.5 Å². The van der Waals surface area contributed by atoms with Gasteiger partial charge in [0.1, 0.15) is 6.10 Å². The second-order valence-electron chi connectivity index (χ2n) is 3.53. The van der Waals surface area contributed by atoms with Crippen molar-refractivity contribution >= 4 is 5.97 Å². The van der Waals surface area contributed by atoms with E-state index >= 15 is 0 Å². The molecule has 0 N–H and O–H groups in total. The minimum Gasteiger partial charge on any atom is -0.459 e. The summed E-state index contributed by atoms with van der Waals surface area (Å²) < 4.78 is 5.32. The molecule has 0 aromatic heterocycles. The quantitative estimate of drug-likeness (QED) is 0.462. The third kappa shape index (κ3) is 5.05. The first-order valence-electron chi connectivity index (χ1n) is 5.54. The lowest BCUT2D eigenvalue weighted by Gasteiger charge is -2.16. The Morgan fingerprint density at radius 1 is 1.36 bits per heavy atom. The average molecular weight is 198 g/mol. The molecule has 0 rings (SSSR count). The molecule has 0 aliphatic heterocycles. The molecule has 0 aliphatic carbocycles. The van der Waals surface area contributed by atoms with Crippen LogP contribution >= 0.6 is 0 Å². The van der Waals surface area contributed by atoms with Gasteiger partial charge in [0, 0.05) is 5.57 Å². The summed E-state index contributed by atoms with van der Waals surface area (Å²) in [5.41, 5.74) is 0.569. The topological polar surface area (TPSA) is 26.3 Å². The highest BCUT2D eigenvalue weighted by molar-refractivity contribution is 5.87. The molecule has 0 amide bonds. The molecule has 0 fully saturated rings. The summed E-state index contributed by atoms with van der Waals surface area (Å²) in [6, 6.07) is 0. The van der Waals surface area contributed by atoms with Crippen LogP contribution in [0.1, 0.15) is 52.9 Å². The molecule has 1 unspecified atom stereocenters. The van der Waals surface area contributed by atoms with Gasteiger partial charge in [-0.3, -0.25) is 0 Å². The van der Waals surface area contributed by atoms with Crippen LogP contribution < -0.4 is 0 Å². The molecule has 0 aromatic rings. The number of carbonyl (C=O) groups is 1. The van der Waals surface area contributed by atoms with Gasteiger partial charge in [0.2, 0.25) is 0 Å². The Morgan fingerprint density at radius 3 is 2.43 bits per heavy atom. The van der Waals surface area contributed by atoms with Crippen molar-refractivity contribution in [2.24, 2.45) is 0 Å². The van der Waals surface area contributed by atoms with E-state index in [0.717, 1.165) is 25.7 Å². The van der Waals surface area contributed by atoms with E-state index in [1.54, 1.807) is 0 Å². The van der Waals surface area contributed by atoms with E-state index in [9.17, 15) is 4.79 Å². The molecule has 0 spiro atoms. The van der Waals surface area contributed by atoms with E-state index < -0.39 is 0 Å². The van der Waals surface area contributed by atoms with E-state index in [1.165, 1.54) is 0 Å². The Balaban J connectivity index is 3.91. The van der Waals surface area contributed by atoms with Gasteiger partial charge in [-0.2, -0.15) is 0 Å². The highest BCUT2D eigenvalue weighted by atomic mass is 16.5. The summed E-state index contributed by atoms with van der Waals surface area (Å²) >= 11 is 0. The summed E-state index contributed by atoms with van der Waals surface area (Å²) in [6.07, 6.45) is 4.86. The van der Waals surface area contributed by atoms with Crippen molar-refractivity contribution in [3.63, 3.8) is 0 Å². The van der Waals surface area contributed by atoms with Gasteiger partial charge in [0.25, 0.3) is 0 Å². The van der Waals surface area contributed by atoms with Gasteiger partial charge in [-0.25, -0.2) is 4.79 Å². The molecule has 1 atom stereocenters. The van der Waals surface area contributed by atoms with Crippen LogP contribution in [0.5, 0.6) is 0 Å². The molecule has 0 saturated carbocycles. The lowest BCUT2D eigenvalue weighted by Crippen LogP contribution is -2.18. The fraction of sp³-hybridized carbons (Fsp3) is 0.750. The van der Waals surface area contributed by atoms with Crippen LogP contribution in [-0.2, 0) is 9.53 Å². The predicted molar refractivity (Wildman–Crippen MR) is 59.1 cm³/mol. The van der Waals surface area contributed by atoms with Crippen LogP contribution in [0.25, 0.3) is 0 Å². The van der Waals surface area contributed by atoms with Gasteiger partial charge in [-0.05, 0) is 19.3 Å². The number of unbranched alkanes of at least 4 members (excludes halogenated alkanes) is 1. The van der Waals surface area contributed by atoms with Crippen LogP contribution in [0.4, 0.5) is 0 Å². The SMILES string of the molecule is C=C(CC)C(=O)OC(CC)CCCC. The Bertz CT molecular complexity index is 185. The first kappa shape index (κ1) is 13.2. The standard InChI is InChI=1S/C12H22O2/c1-5-8-9-11(7-3)14-12(13)10(4)6-2/h11H,4-9H2,1-3H3. The van der Waals surface area contributed by atoms with Crippen molar-refractivity contribution in [1.29, 1.82) is 0 Å². The van der Waals surface area contributed by atoms with Gasteiger partial charge in [-0.1, -0.05) is 40.2 Å². The number of carbonyl (C=O) groups excluding carboxylic acids is 1. The van der Waals surface area contributed by atoms with Crippen LogP contribution in [-0.4, -0.2) is 12.1 Å². The van der Waals surface area contributed by atoms with Gasteiger partial charge in [-0.15, -0.1) is 0 Å². The van der Waals surface area contributed by atoms with Crippen molar-refractivity contribution in [2.45, 2.75) is 59.0 Å². The van der Waals surface area contributed by atoms with Crippen LogP contribution in [0, 0.1) is 0 Å². The number of rotatable bonds is 7. The maximum atomic E-state index is 11.4. The zero-order valence-corrected chi connectivity index (χ0v) is 9.64. The number of esters is 1. The molecule has 0 heterocycles. The molecule has 14 heavy (non-hydrogen) atoms. The Morgan fingerprint density at radius 2 is 2.00 bits per heavy atom. The van der Waals surface area contributed by atoms with E-state index in [1.807, 2.05) is 13.8 Å². The molecule has 2 heteroatoms. The highest BCUT2D eigenvalue weighted by Gasteiger charge is 2.13. The molecule has 2 nitrogen and oxygen atoms in total. The highest BCUT2D eigenvalue weighted by Crippen LogP contribution is 2.11. The maximum absolute atomic E-state index is 11.4. The van der Waals surface area contributed by atoms with E-state index in [4.69, 9.17) is 4.74 Å². The van der Waals surface area contributed by atoms with Crippen LogP contribution in [0.15, 0.2) is 12.2 Å². The lowest BCUT2D eigenvalue weighted by atomic mass is 10.1. The smallest absolute Gasteiger partial charge is 0.333 e. The van der Waals surface area contributed by atoms with Crippen LogP contribution in [0.2, 0.25) is 0 Å². The van der Waals surface area contributed by atoms with Crippen molar-refractivity contribution in [3.05, 3.63) is 12.2 Å². The van der Waals surface area contributed by atoms with E-state index in [-0.39, 0.29) is 12.1 Å². The fourth-order valence-electron chi connectivity index (χ4n) is 1.16. The number of hydrogen-bond donors (Lipinski definition) is 0. The van der Waals surface area contributed by atoms with Gasteiger partial charge < -0.3 is 4.74 Å². The van der Waals surface area contributed by atoms with Gasteiger partial charge >= 0.3 is 5.97 Å². The Labute approximate surface area is 87.3 Å². The monoisotopic (exact) mass is 198 g/mol. The molecule has 0 bridgehead atoms. The van der Waals surface area contributed by atoms with E-state index in [0.29, 0.717) is 12.0 Å². The fourth-order valence-corrected chi connectivity index (χ4v) is 1.16. The summed E-state index contributed by atoms with van der Waals surface area (Å²) in [5, 5.41) is 0. The molecule has 82 valence electrons. The average Bonchev–Trinajstić information content (AvgIpc) is 2.22. The summed E-state index contributed by atoms with van der Waals surface area (Å²) in [7, 11) is 0. The zero-order chi connectivity index (χ0) is 11.0. The summed E-state index contributed by atoms with van der Waals surface area (Å²) in [6.45, 7) is 9.76. The van der Waals surface area contributed by atoms with Crippen molar-refractivity contribution in [1.82, 2.24) is 0 Å². The molecular formula is C12H22O2. The first-order valence-corrected chi connectivity index (χ1v) is 5.54. The second-order valence-corrected chi connectivity index (χ2v) is 3.53. The molecular weight excluding hydrogens is 176 g/mol. The number of hydrogen-bond acceptors (Lipinski definition) is 2. The van der Waals surface area contributed by atoms with Crippen LogP contribution in [0.3, 0.4) is 0 Å². The Kier molecular flexibility index (Phi) is 7.17. The van der Waals surface area contributed by atoms with Gasteiger partial charge in [0.05, 0.1) is 0 Å². The summed E-state index contributed by atoms with van der Waals surface area (Å²) in [4.78, 5) is 11.4. The third-order valence-electron chi connectivity index (χ3n) is 2.32. The van der Waals surface area contributed by atoms with Gasteiger partial charge in [0.15, 0.2) is 0 Å². The molecule has 0 aromatic carbocycles.